The van der Waals surface area contributed by atoms with E-state index in [4.69, 9.17) is 23.2 Å². The van der Waals surface area contributed by atoms with Crippen LogP contribution in [0.5, 0.6) is 0 Å². The summed E-state index contributed by atoms with van der Waals surface area (Å²) in [5.41, 5.74) is 1.50. The van der Waals surface area contributed by atoms with Crippen LogP contribution in [0.1, 0.15) is 18.6 Å². The normalized spacial score (nSPS) is 12.8. The minimum atomic E-state index is -0.534. The average Bonchev–Trinajstić information content (AvgIpc) is 2.64. The molecular formula is C11H10Cl2N2O. The summed E-state index contributed by atoms with van der Waals surface area (Å²) in [6.45, 7) is 1.69. The number of aromatic nitrogens is 2. The topological polar surface area (TPSA) is 38.0 Å². The second-order valence-corrected chi connectivity index (χ2v) is 4.33. The van der Waals surface area contributed by atoms with Gasteiger partial charge in [0.15, 0.2) is 0 Å². The fraction of sp³-hybridized carbons (Fsp3) is 0.182. The summed E-state index contributed by atoms with van der Waals surface area (Å²) in [6, 6.07) is 5.33. The zero-order valence-corrected chi connectivity index (χ0v) is 10.1. The first-order valence-corrected chi connectivity index (χ1v) is 5.51. The van der Waals surface area contributed by atoms with Crippen LogP contribution in [0.2, 0.25) is 10.0 Å². The lowest BCUT2D eigenvalue weighted by atomic mass is 10.1. The number of halogens is 2. The molecule has 16 heavy (non-hydrogen) atoms. The molecule has 0 saturated carbocycles. The van der Waals surface area contributed by atoms with E-state index < -0.39 is 6.10 Å². The van der Waals surface area contributed by atoms with Crippen LogP contribution < -0.4 is 0 Å². The molecule has 0 radical (unpaired) electrons. The van der Waals surface area contributed by atoms with Gasteiger partial charge < -0.3 is 5.11 Å². The highest BCUT2D eigenvalue weighted by atomic mass is 35.5. The van der Waals surface area contributed by atoms with Gasteiger partial charge >= 0.3 is 0 Å². The summed E-state index contributed by atoms with van der Waals surface area (Å²) in [7, 11) is 0. The molecule has 1 aromatic heterocycles. The summed E-state index contributed by atoms with van der Waals surface area (Å²) in [5, 5.41) is 14.5. The van der Waals surface area contributed by atoms with E-state index in [1.165, 1.54) is 0 Å². The molecule has 1 N–H and O–H groups in total. The van der Waals surface area contributed by atoms with E-state index in [0.717, 1.165) is 11.3 Å². The summed E-state index contributed by atoms with van der Waals surface area (Å²) < 4.78 is 1.59. The second kappa shape index (κ2) is 4.45. The number of hydrogen-bond donors (Lipinski definition) is 1. The summed E-state index contributed by atoms with van der Waals surface area (Å²) >= 11 is 11.9. The molecule has 5 heteroatoms. The lowest BCUT2D eigenvalue weighted by molar-refractivity contribution is 0.199. The zero-order chi connectivity index (χ0) is 11.7. The van der Waals surface area contributed by atoms with Crippen molar-refractivity contribution in [1.82, 2.24) is 9.78 Å². The highest BCUT2D eigenvalue weighted by molar-refractivity contribution is 6.32. The molecule has 1 heterocycles. The van der Waals surface area contributed by atoms with E-state index in [1.54, 1.807) is 36.1 Å². The molecule has 2 rings (SSSR count). The zero-order valence-electron chi connectivity index (χ0n) is 8.56. The smallest absolute Gasteiger partial charge is 0.0832 e. The summed E-state index contributed by atoms with van der Waals surface area (Å²) in [4.78, 5) is 0. The molecule has 3 nitrogen and oxygen atoms in total. The van der Waals surface area contributed by atoms with Crippen LogP contribution in [0.25, 0.3) is 5.69 Å². The van der Waals surface area contributed by atoms with Crippen LogP contribution in [0.4, 0.5) is 0 Å². The Labute approximate surface area is 103 Å². The molecule has 0 unspecified atom stereocenters. The van der Waals surface area contributed by atoms with E-state index in [-0.39, 0.29) is 0 Å². The Bertz CT molecular complexity index is 508. The number of aliphatic hydroxyl groups excluding tert-OH is 1. The second-order valence-electron chi connectivity index (χ2n) is 3.49. The first kappa shape index (κ1) is 11.5. The Kier molecular flexibility index (Phi) is 3.19. The predicted octanol–water partition coefficient (Wildman–Crippen LogP) is 3.23. The third-order valence-electron chi connectivity index (χ3n) is 2.25. The quantitative estimate of drug-likeness (QED) is 0.896. The van der Waals surface area contributed by atoms with Gasteiger partial charge in [-0.1, -0.05) is 29.3 Å². The third-order valence-corrected chi connectivity index (χ3v) is 2.75. The summed E-state index contributed by atoms with van der Waals surface area (Å²) in [5.74, 6) is 0. The monoisotopic (exact) mass is 256 g/mol. The van der Waals surface area contributed by atoms with Crippen molar-refractivity contribution in [2.24, 2.45) is 0 Å². The fourth-order valence-electron chi connectivity index (χ4n) is 1.40. The van der Waals surface area contributed by atoms with E-state index in [0.29, 0.717) is 10.0 Å². The molecule has 1 atom stereocenters. The minimum absolute atomic E-state index is 0.526. The third kappa shape index (κ3) is 2.21. The largest absolute Gasteiger partial charge is 0.389 e. The van der Waals surface area contributed by atoms with Gasteiger partial charge in [-0.25, -0.2) is 4.68 Å². The van der Waals surface area contributed by atoms with Gasteiger partial charge in [0.05, 0.1) is 28.0 Å². The van der Waals surface area contributed by atoms with Crippen molar-refractivity contribution in [3.63, 3.8) is 0 Å². The van der Waals surface area contributed by atoms with Gasteiger partial charge in [-0.3, -0.25) is 0 Å². The Morgan fingerprint density at radius 1 is 1.38 bits per heavy atom. The molecular weight excluding hydrogens is 247 g/mol. The molecule has 0 amide bonds. The summed E-state index contributed by atoms with van der Waals surface area (Å²) in [6.07, 6.45) is 2.68. The van der Waals surface area contributed by atoms with Crippen molar-refractivity contribution in [2.75, 3.05) is 0 Å². The number of nitrogens with zero attached hydrogens (tertiary/aromatic N) is 2. The molecule has 0 bridgehead atoms. The van der Waals surface area contributed by atoms with Crippen molar-refractivity contribution in [3.05, 3.63) is 46.2 Å². The van der Waals surface area contributed by atoms with E-state index in [9.17, 15) is 5.11 Å². The number of aliphatic hydroxyl groups is 1. The molecule has 0 aliphatic carbocycles. The molecule has 2 aromatic rings. The lowest BCUT2D eigenvalue weighted by Crippen LogP contribution is -1.97. The van der Waals surface area contributed by atoms with Crippen LogP contribution >= 0.6 is 23.2 Å². The van der Waals surface area contributed by atoms with Gasteiger partial charge in [-0.15, -0.1) is 0 Å². The van der Waals surface area contributed by atoms with Crippen LogP contribution in [-0.2, 0) is 0 Å². The lowest BCUT2D eigenvalue weighted by Gasteiger charge is -2.08. The fourth-order valence-corrected chi connectivity index (χ4v) is 1.81. The minimum Gasteiger partial charge on any atom is -0.389 e. The molecule has 0 saturated heterocycles. The van der Waals surface area contributed by atoms with Crippen LogP contribution in [0.3, 0.4) is 0 Å². The van der Waals surface area contributed by atoms with E-state index >= 15 is 0 Å². The Hall–Kier alpha value is -1.03. The first-order valence-electron chi connectivity index (χ1n) is 4.76. The Morgan fingerprint density at radius 3 is 2.62 bits per heavy atom. The van der Waals surface area contributed by atoms with E-state index in [1.807, 2.05) is 6.07 Å². The van der Waals surface area contributed by atoms with Crippen molar-refractivity contribution in [2.45, 2.75) is 13.0 Å². The predicted molar refractivity (Wildman–Crippen MR) is 64.2 cm³/mol. The van der Waals surface area contributed by atoms with Gasteiger partial charge in [0.25, 0.3) is 0 Å². The van der Waals surface area contributed by atoms with Crippen LogP contribution in [-0.4, -0.2) is 14.9 Å². The maximum atomic E-state index is 9.41. The van der Waals surface area contributed by atoms with Crippen LogP contribution in [0.15, 0.2) is 30.6 Å². The van der Waals surface area contributed by atoms with Crippen molar-refractivity contribution < 1.29 is 5.11 Å². The molecule has 0 aliphatic rings. The molecule has 84 valence electrons. The van der Waals surface area contributed by atoms with Crippen molar-refractivity contribution in [3.8, 4) is 5.69 Å². The van der Waals surface area contributed by atoms with Gasteiger partial charge in [0, 0.05) is 6.20 Å². The molecule has 1 aromatic carbocycles. The first-order chi connectivity index (χ1) is 7.58. The van der Waals surface area contributed by atoms with Crippen molar-refractivity contribution >= 4 is 23.2 Å². The van der Waals surface area contributed by atoms with Gasteiger partial charge in [-0.2, -0.15) is 5.10 Å². The standard InChI is InChI=1S/C11H10Cl2N2O/c1-7(16)8-2-3-11(10(13)4-8)15-6-9(12)5-14-15/h2-7,16H,1H3/t7-/m1/s1. The Balaban J connectivity index is 2.44. The van der Waals surface area contributed by atoms with Gasteiger partial charge in [0.1, 0.15) is 0 Å². The highest BCUT2D eigenvalue weighted by Gasteiger charge is 2.08. The SMILES string of the molecule is C[C@@H](O)c1ccc(-n2cc(Cl)cn2)c(Cl)c1. The molecule has 0 spiro atoms. The average molecular weight is 257 g/mol. The molecule has 0 fully saturated rings. The van der Waals surface area contributed by atoms with Gasteiger partial charge in [-0.05, 0) is 24.6 Å². The van der Waals surface area contributed by atoms with E-state index in [2.05, 4.69) is 5.10 Å². The maximum absolute atomic E-state index is 9.41. The number of rotatable bonds is 2. The highest BCUT2D eigenvalue weighted by Crippen LogP contribution is 2.25. The molecule has 0 aliphatic heterocycles. The van der Waals surface area contributed by atoms with Crippen LogP contribution in [0, 0.1) is 0 Å². The van der Waals surface area contributed by atoms with Gasteiger partial charge in [0.2, 0.25) is 0 Å². The number of benzene rings is 1. The maximum Gasteiger partial charge on any atom is 0.0832 e. The van der Waals surface area contributed by atoms with Crippen molar-refractivity contribution in [1.29, 1.82) is 0 Å². The number of hydrogen-bond acceptors (Lipinski definition) is 2. The Morgan fingerprint density at radius 2 is 2.12 bits per heavy atom.